The monoisotopic (exact) mass is 295 g/mol. The Morgan fingerprint density at radius 3 is 2.95 bits per heavy atom. The molecule has 2 rings (SSSR count). The Morgan fingerprint density at radius 2 is 2.30 bits per heavy atom. The molecule has 1 aromatic carbocycles. The summed E-state index contributed by atoms with van der Waals surface area (Å²) in [4.78, 5) is 10.5. The number of nitrogens with zero attached hydrogens (tertiary/aromatic N) is 4. The maximum absolute atomic E-state index is 10.9. The zero-order chi connectivity index (χ0) is 14.5. The lowest BCUT2D eigenvalue weighted by Gasteiger charge is -2.07. The molecule has 7 nitrogen and oxygen atoms in total. The van der Waals surface area contributed by atoms with Gasteiger partial charge in [-0.3, -0.25) is 10.1 Å². The van der Waals surface area contributed by atoms with Crippen LogP contribution in [0.5, 0.6) is 0 Å². The number of nitro benzene ring substituents is 1. The van der Waals surface area contributed by atoms with Crippen LogP contribution < -0.4 is 5.32 Å². The Balaban J connectivity index is 1.94. The second-order valence-electron chi connectivity index (χ2n) is 4.28. The van der Waals surface area contributed by atoms with Crippen LogP contribution in [0.4, 0.5) is 5.69 Å². The number of rotatable bonds is 6. The van der Waals surface area contributed by atoms with Crippen molar-refractivity contribution in [2.75, 3.05) is 6.54 Å². The van der Waals surface area contributed by atoms with E-state index in [0.717, 1.165) is 5.82 Å². The molecular formula is C12H14ClN5O2. The molecule has 0 aliphatic carbocycles. The van der Waals surface area contributed by atoms with E-state index < -0.39 is 4.92 Å². The standard InChI is InChI=1S/C12H14ClN5O2/c1-17-8-15-16-12(17)5-6-14-7-9-10(13)3-2-4-11(9)18(19)20/h2-4,8,14H,5-7H2,1H3. The Morgan fingerprint density at radius 1 is 1.50 bits per heavy atom. The van der Waals surface area contributed by atoms with Gasteiger partial charge in [-0.25, -0.2) is 0 Å². The number of benzene rings is 1. The van der Waals surface area contributed by atoms with Crippen LogP contribution in [-0.4, -0.2) is 26.2 Å². The fourth-order valence-electron chi connectivity index (χ4n) is 1.84. The SMILES string of the molecule is Cn1cnnc1CCNCc1c(Cl)cccc1[N+](=O)[O-]. The third kappa shape index (κ3) is 3.31. The molecule has 1 N–H and O–H groups in total. The Bertz CT molecular complexity index is 614. The van der Waals surface area contributed by atoms with Crippen LogP contribution in [0, 0.1) is 10.1 Å². The van der Waals surface area contributed by atoms with E-state index >= 15 is 0 Å². The van der Waals surface area contributed by atoms with E-state index in [1.54, 1.807) is 18.5 Å². The summed E-state index contributed by atoms with van der Waals surface area (Å²) in [6.45, 7) is 0.975. The lowest BCUT2D eigenvalue weighted by atomic mass is 10.2. The van der Waals surface area contributed by atoms with Gasteiger partial charge in [-0.1, -0.05) is 17.7 Å². The number of nitro groups is 1. The number of aryl methyl sites for hydroxylation is 1. The highest BCUT2D eigenvalue weighted by atomic mass is 35.5. The van der Waals surface area contributed by atoms with Gasteiger partial charge in [0.1, 0.15) is 12.2 Å². The van der Waals surface area contributed by atoms with Crippen molar-refractivity contribution in [2.45, 2.75) is 13.0 Å². The smallest absolute Gasteiger partial charge is 0.275 e. The van der Waals surface area contributed by atoms with Gasteiger partial charge >= 0.3 is 0 Å². The number of aromatic nitrogens is 3. The van der Waals surface area contributed by atoms with Crippen molar-refractivity contribution in [1.29, 1.82) is 0 Å². The van der Waals surface area contributed by atoms with Gasteiger partial charge in [0.15, 0.2) is 0 Å². The first-order chi connectivity index (χ1) is 9.59. The van der Waals surface area contributed by atoms with Gasteiger partial charge in [-0.2, -0.15) is 0 Å². The van der Waals surface area contributed by atoms with Crippen molar-refractivity contribution in [3.05, 3.63) is 51.1 Å². The lowest BCUT2D eigenvalue weighted by molar-refractivity contribution is -0.385. The molecule has 8 heteroatoms. The van der Waals surface area contributed by atoms with E-state index in [-0.39, 0.29) is 5.69 Å². The molecule has 0 unspecified atom stereocenters. The summed E-state index contributed by atoms with van der Waals surface area (Å²) in [5, 5.41) is 22.2. The Kier molecular flexibility index (Phi) is 4.65. The van der Waals surface area contributed by atoms with E-state index in [1.165, 1.54) is 6.07 Å². The Hall–Kier alpha value is -1.99. The number of hydrogen-bond acceptors (Lipinski definition) is 5. The molecule has 0 amide bonds. The zero-order valence-corrected chi connectivity index (χ0v) is 11.7. The van der Waals surface area contributed by atoms with Crippen LogP contribution in [0.15, 0.2) is 24.5 Å². The van der Waals surface area contributed by atoms with Gasteiger partial charge in [-0.05, 0) is 6.07 Å². The second-order valence-corrected chi connectivity index (χ2v) is 4.69. The summed E-state index contributed by atoms with van der Waals surface area (Å²) in [5.41, 5.74) is 0.529. The van der Waals surface area contributed by atoms with Gasteiger partial charge in [0.2, 0.25) is 0 Å². The summed E-state index contributed by atoms with van der Waals surface area (Å²) in [6, 6.07) is 4.67. The normalized spacial score (nSPS) is 10.7. The van der Waals surface area contributed by atoms with Gasteiger partial charge in [-0.15, -0.1) is 10.2 Å². The molecule has 2 aromatic rings. The van der Waals surface area contributed by atoms with Crippen LogP contribution in [0.3, 0.4) is 0 Å². The van der Waals surface area contributed by atoms with Crippen molar-refractivity contribution < 1.29 is 4.92 Å². The Labute approximate surface area is 120 Å². The lowest BCUT2D eigenvalue weighted by Crippen LogP contribution is -2.19. The molecule has 0 radical (unpaired) electrons. The number of halogens is 1. The fourth-order valence-corrected chi connectivity index (χ4v) is 2.08. The maximum atomic E-state index is 10.9. The van der Waals surface area contributed by atoms with Crippen LogP contribution in [0.25, 0.3) is 0 Å². The topological polar surface area (TPSA) is 85.9 Å². The molecule has 0 bridgehead atoms. The minimum absolute atomic E-state index is 0.0312. The molecule has 1 heterocycles. The summed E-state index contributed by atoms with van der Waals surface area (Å²) in [6.07, 6.45) is 2.32. The van der Waals surface area contributed by atoms with E-state index in [1.807, 2.05) is 11.6 Å². The first-order valence-electron chi connectivity index (χ1n) is 6.05. The quantitative estimate of drug-likeness (QED) is 0.498. The second kappa shape index (κ2) is 6.44. The number of hydrogen-bond donors (Lipinski definition) is 1. The fraction of sp³-hybridized carbons (Fsp3) is 0.333. The molecule has 0 spiro atoms. The van der Waals surface area contributed by atoms with E-state index in [4.69, 9.17) is 11.6 Å². The molecule has 0 fully saturated rings. The average molecular weight is 296 g/mol. The highest BCUT2D eigenvalue weighted by Crippen LogP contribution is 2.25. The first-order valence-corrected chi connectivity index (χ1v) is 6.42. The molecule has 0 aliphatic rings. The third-order valence-corrected chi connectivity index (χ3v) is 3.28. The zero-order valence-electron chi connectivity index (χ0n) is 10.9. The molecule has 0 saturated heterocycles. The van der Waals surface area contributed by atoms with Crippen LogP contribution in [-0.2, 0) is 20.0 Å². The van der Waals surface area contributed by atoms with Crippen molar-refractivity contribution in [2.24, 2.45) is 7.05 Å². The minimum Gasteiger partial charge on any atom is -0.321 e. The maximum Gasteiger partial charge on any atom is 0.275 e. The summed E-state index contributed by atoms with van der Waals surface area (Å²) >= 11 is 6.01. The van der Waals surface area contributed by atoms with Crippen molar-refractivity contribution in [3.8, 4) is 0 Å². The minimum atomic E-state index is -0.425. The van der Waals surface area contributed by atoms with Crippen molar-refractivity contribution in [1.82, 2.24) is 20.1 Å². The van der Waals surface area contributed by atoms with E-state index in [2.05, 4.69) is 15.5 Å². The molecule has 0 aliphatic heterocycles. The molecule has 0 saturated carbocycles. The first kappa shape index (κ1) is 14.4. The van der Waals surface area contributed by atoms with Crippen LogP contribution in [0.2, 0.25) is 5.02 Å². The van der Waals surface area contributed by atoms with E-state index in [0.29, 0.717) is 30.1 Å². The highest BCUT2D eigenvalue weighted by Gasteiger charge is 2.15. The van der Waals surface area contributed by atoms with Gasteiger partial charge in [0, 0.05) is 32.6 Å². The predicted molar refractivity (Wildman–Crippen MR) is 74.5 cm³/mol. The van der Waals surface area contributed by atoms with Crippen molar-refractivity contribution >= 4 is 17.3 Å². The summed E-state index contributed by atoms with van der Waals surface area (Å²) in [5.74, 6) is 0.853. The summed E-state index contributed by atoms with van der Waals surface area (Å²) in [7, 11) is 1.87. The molecule has 1 aromatic heterocycles. The largest absolute Gasteiger partial charge is 0.321 e. The molecule has 0 atom stereocenters. The molecule has 106 valence electrons. The highest BCUT2D eigenvalue weighted by molar-refractivity contribution is 6.31. The molecule has 20 heavy (non-hydrogen) atoms. The van der Waals surface area contributed by atoms with Crippen LogP contribution >= 0.6 is 11.6 Å². The summed E-state index contributed by atoms with van der Waals surface area (Å²) < 4.78 is 1.83. The van der Waals surface area contributed by atoms with Crippen molar-refractivity contribution in [3.63, 3.8) is 0 Å². The van der Waals surface area contributed by atoms with Gasteiger partial charge in [0.25, 0.3) is 5.69 Å². The third-order valence-electron chi connectivity index (χ3n) is 2.92. The van der Waals surface area contributed by atoms with Gasteiger partial charge < -0.3 is 9.88 Å². The van der Waals surface area contributed by atoms with E-state index in [9.17, 15) is 10.1 Å². The molecular weight excluding hydrogens is 282 g/mol. The predicted octanol–water partition coefficient (Wildman–Crippen LogP) is 1.71. The van der Waals surface area contributed by atoms with Gasteiger partial charge in [0.05, 0.1) is 15.5 Å². The van der Waals surface area contributed by atoms with Crippen LogP contribution in [0.1, 0.15) is 11.4 Å². The average Bonchev–Trinajstić information content (AvgIpc) is 2.81. The number of nitrogens with one attached hydrogen (secondary N) is 1.